The van der Waals surface area contributed by atoms with E-state index in [0.29, 0.717) is 0 Å². The summed E-state index contributed by atoms with van der Waals surface area (Å²) in [6.45, 7) is 6.69. The van der Waals surface area contributed by atoms with Crippen LogP contribution in [-0.2, 0) is 11.3 Å². The van der Waals surface area contributed by atoms with Gasteiger partial charge in [-0.15, -0.1) is 35.3 Å². The topological polar surface area (TPSA) is 48.9 Å². The summed E-state index contributed by atoms with van der Waals surface area (Å²) < 4.78 is 5.06. The van der Waals surface area contributed by atoms with Gasteiger partial charge in [-0.3, -0.25) is 4.99 Å². The number of methoxy groups -OCH3 is 1. The Morgan fingerprint density at radius 2 is 2.09 bits per heavy atom. The van der Waals surface area contributed by atoms with Crippen molar-refractivity contribution >= 4 is 41.3 Å². The average Bonchev–Trinajstić information content (AvgIpc) is 2.88. The molecule has 0 saturated carbocycles. The van der Waals surface area contributed by atoms with Gasteiger partial charge in [-0.1, -0.05) is 0 Å². The maximum atomic E-state index is 5.06. The molecule has 1 rings (SSSR count). The van der Waals surface area contributed by atoms with Crippen LogP contribution >= 0.6 is 35.3 Å². The monoisotopic (exact) mass is 440 g/mol. The number of guanidine groups is 1. The van der Waals surface area contributed by atoms with E-state index in [2.05, 4.69) is 46.6 Å². The Balaban J connectivity index is 0.00000441. The van der Waals surface area contributed by atoms with E-state index in [-0.39, 0.29) is 24.0 Å². The molecule has 0 amide bonds. The maximum absolute atomic E-state index is 5.06. The molecule has 0 fully saturated rings. The third-order valence-corrected chi connectivity index (χ3v) is 4.12. The average molecular weight is 440 g/mol. The van der Waals surface area contributed by atoms with Gasteiger partial charge in [-0.05, 0) is 32.5 Å². The molecule has 0 aromatic carbocycles. The molecular formula is C15H29IN4OS. The third kappa shape index (κ3) is 9.60. The van der Waals surface area contributed by atoms with E-state index < -0.39 is 0 Å². The number of thiophene rings is 1. The standard InChI is InChI=1S/C15H28N4OS.HI/c1-13-6-7-14(21-13)12-18-15(16-2)17-8-10-19(3)9-5-11-20-4;/h6-7H,5,8-12H2,1-4H3,(H2,16,17,18);1H. The van der Waals surface area contributed by atoms with Gasteiger partial charge in [0.1, 0.15) is 0 Å². The number of nitrogens with zero attached hydrogens (tertiary/aromatic N) is 2. The van der Waals surface area contributed by atoms with Gasteiger partial charge in [0.05, 0.1) is 6.54 Å². The molecule has 0 atom stereocenters. The summed E-state index contributed by atoms with van der Waals surface area (Å²) in [4.78, 5) is 9.20. The van der Waals surface area contributed by atoms with Crippen molar-refractivity contribution in [2.24, 2.45) is 4.99 Å². The molecule has 0 aliphatic rings. The normalized spacial score (nSPS) is 11.4. The number of halogens is 1. The fraction of sp³-hybridized carbons (Fsp3) is 0.667. The Kier molecular flexibility index (Phi) is 12.9. The molecule has 1 heterocycles. The summed E-state index contributed by atoms with van der Waals surface area (Å²) in [5.41, 5.74) is 0. The van der Waals surface area contributed by atoms with E-state index in [1.54, 1.807) is 14.2 Å². The van der Waals surface area contributed by atoms with Crippen LogP contribution in [-0.4, -0.2) is 58.3 Å². The van der Waals surface area contributed by atoms with Gasteiger partial charge in [-0.25, -0.2) is 0 Å². The lowest BCUT2D eigenvalue weighted by Gasteiger charge is -2.18. The van der Waals surface area contributed by atoms with Gasteiger partial charge < -0.3 is 20.3 Å². The van der Waals surface area contributed by atoms with Crippen LogP contribution in [0.25, 0.3) is 0 Å². The smallest absolute Gasteiger partial charge is 0.191 e. The number of aryl methyl sites for hydroxylation is 1. The molecular weight excluding hydrogens is 411 g/mol. The number of likely N-dealkylation sites (N-methyl/N-ethyl adjacent to an activating group) is 1. The van der Waals surface area contributed by atoms with Crippen LogP contribution in [0.15, 0.2) is 17.1 Å². The number of hydrogen-bond donors (Lipinski definition) is 2. The molecule has 7 heteroatoms. The number of aliphatic imine (C=N–C) groups is 1. The van der Waals surface area contributed by atoms with Crippen molar-refractivity contribution in [1.82, 2.24) is 15.5 Å². The lowest BCUT2D eigenvalue weighted by Crippen LogP contribution is -2.40. The molecule has 0 saturated heterocycles. The van der Waals surface area contributed by atoms with Gasteiger partial charge in [0.25, 0.3) is 0 Å². The van der Waals surface area contributed by atoms with Crippen molar-refractivity contribution in [1.29, 1.82) is 0 Å². The molecule has 0 bridgehead atoms. The fourth-order valence-electron chi connectivity index (χ4n) is 1.93. The van der Waals surface area contributed by atoms with Crippen LogP contribution in [0.4, 0.5) is 0 Å². The molecule has 0 unspecified atom stereocenters. The highest BCUT2D eigenvalue weighted by molar-refractivity contribution is 14.0. The molecule has 0 aliphatic carbocycles. The predicted molar refractivity (Wildman–Crippen MR) is 107 cm³/mol. The fourth-order valence-corrected chi connectivity index (χ4v) is 2.76. The summed E-state index contributed by atoms with van der Waals surface area (Å²) in [7, 11) is 5.67. The van der Waals surface area contributed by atoms with Gasteiger partial charge in [0.2, 0.25) is 0 Å². The molecule has 128 valence electrons. The van der Waals surface area contributed by atoms with Crippen molar-refractivity contribution in [3.8, 4) is 0 Å². The summed E-state index contributed by atoms with van der Waals surface area (Å²) in [5.74, 6) is 0.853. The minimum absolute atomic E-state index is 0. The van der Waals surface area contributed by atoms with E-state index in [9.17, 15) is 0 Å². The van der Waals surface area contributed by atoms with Crippen LogP contribution in [0.1, 0.15) is 16.2 Å². The predicted octanol–water partition coefficient (Wildman–Crippen LogP) is 2.31. The Labute approximate surface area is 155 Å². The number of ether oxygens (including phenoxy) is 1. The van der Waals surface area contributed by atoms with E-state index >= 15 is 0 Å². The van der Waals surface area contributed by atoms with Crippen molar-refractivity contribution < 1.29 is 4.74 Å². The number of nitrogens with one attached hydrogen (secondary N) is 2. The van der Waals surface area contributed by atoms with Crippen molar-refractivity contribution in [2.45, 2.75) is 19.9 Å². The maximum Gasteiger partial charge on any atom is 0.191 e. The van der Waals surface area contributed by atoms with Crippen molar-refractivity contribution in [2.75, 3.05) is 47.4 Å². The largest absolute Gasteiger partial charge is 0.385 e. The summed E-state index contributed by atoms with van der Waals surface area (Å²) >= 11 is 1.81. The first-order valence-electron chi connectivity index (χ1n) is 7.33. The molecule has 0 aliphatic heterocycles. The van der Waals surface area contributed by atoms with E-state index in [1.807, 2.05) is 11.3 Å². The molecule has 1 aromatic rings. The summed E-state index contributed by atoms with van der Waals surface area (Å²) in [6, 6.07) is 4.30. The van der Waals surface area contributed by atoms with Crippen LogP contribution in [0.2, 0.25) is 0 Å². The molecule has 2 N–H and O–H groups in total. The SMILES string of the molecule is CN=C(NCCN(C)CCCOC)NCc1ccc(C)s1.I. The highest BCUT2D eigenvalue weighted by Gasteiger charge is 2.02. The first kappa shape index (κ1) is 21.6. The number of hydrogen-bond acceptors (Lipinski definition) is 4. The minimum Gasteiger partial charge on any atom is -0.385 e. The first-order chi connectivity index (χ1) is 10.2. The van der Waals surface area contributed by atoms with Crippen molar-refractivity contribution in [3.63, 3.8) is 0 Å². The Bertz CT molecular complexity index is 425. The Morgan fingerprint density at radius 1 is 1.32 bits per heavy atom. The van der Waals surface area contributed by atoms with Gasteiger partial charge >= 0.3 is 0 Å². The Hall–Kier alpha value is -0.380. The van der Waals surface area contributed by atoms with E-state index in [0.717, 1.165) is 45.2 Å². The molecule has 0 spiro atoms. The quantitative estimate of drug-likeness (QED) is 0.268. The first-order valence-corrected chi connectivity index (χ1v) is 8.14. The minimum atomic E-state index is 0. The molecule has 0 radical (unpaired) electrons. The third-order valence-electron chi connectivity index (χ3n) is 3.12. The second-order valence-electron chi connectivity index (χ2n) is 5.01. The zero-order valence-electron chi connectivity index (χ0n) is 14.0. The highest BCUT2D eigenvalue weighted by Crippen LogP contribution is 2.14. The zero-order chi connectivity index (χ0) is 15.5. The second kappa shape index (κ2) is 13.1. The highest BCUT2D eigenvalue weighted by atomic mass is 127. The number of rotatable bonds is 9. The summed E-state index contributed by atoms with van der Waals surface area (Å²) in [5, 5.41) is 6.67. The van der Waals surface area contributed by atoms with Crippen LogP contribution < -0.4 is 10.6 Å². The lowest BCUT2D eigenvalue weighted by molar-refractivity contribution is 0.180. The molecule has 22 heavy (non-hydrogen) atoms. The van der Waals surface area contributed by atoms with Crippen LogP contribution in [0.5, 0.6) is 0 Å². The van der Waals surface area contributed by atoms with Crippen molar-refractivity contribution in [3.05, 3.63) is 21.9 Å². The van der Waals surface area contributed by atoms with E-state index in [1.165, 1.54) is 9.75 Å². The zero-order valence-corrected chi connectivity index (χ0v) is 17.2. The van der Waals surface area contributed by atoms with Gasteiger partial charge in [0.15, 0.2) is 5.96 Å². The van der Waals surface area contributed by atoms with Crippen LogP contribution in [0.3, 0.4) is 0 Å². The summed E-state index contributed by atoms with van der Waals surface area (Å²) in [6.07, 6.45) is 1.07. The van der Waals surface area contributed by atoms with Gasteiger partial charge in [-0.2, -0.15) is 0 Å². The van der Waals surface area contributed by atoms with E-state index in [4.69, 9.17) is 4.74 Å². The lowest BCUT2D eigenvalue weighted by atomic mass is 10.4. The molecule has 1 aromatic heterocycles. The van der Waals surface area contributed by atoms with Crippen LogP contribution in [0, 0.1) is 6.92 Å². The Morgan fingerprint density at radius 3 is 2.68 bits per heavy atom. The molecule has 5 nitrogen and oxygen atoms in total. The van der Waals surface area contributed by atoms with Gasteiger partial charge in [0, 0.05) is 50.2 Å². The second-order valence-corrected chi connectivity index (χ2v) is 6.39.